The number of nitrogens with zero attached hydrogens (tertiary/aromatic N) is 3. The molecule has 4 aromatic rings. The van der Waals surface area contributed by atoms with Gasteiger partial charge in [0.25, 0.3) is 0 Å². The molecule has 0 aliphatic carbocycles. The summed E-state index contributed by atoms with van der Waals surface area (Å²) in [6, 6.07) is 19.4. The minimum atomic E-state index is -0.695. The molecule has 2 aromatic carbocycles. The van der Waals surface area contributed by atoms with Crippen molar-refractivity contribution in [3.63, 3.8) is 0 Å². The Kier molecular flexibility index (Phi) is 8.53. The van der Waals surface area contributed by atoms with E-state index in [-0.39, 0.29) is 18.5 Å². The van der Waals surface area contributed by atoms with E-state index >= 15 is 0 Å². The van der Waals surface area contributed by atoms with Crippen molar-refractivity contribution >= 4 is 0 Å². The Morgan fingerprint density at radius 1 is 1.06 bits per heavy atom. The fourth-order valence-electron chi connectivity index (χ4n) is 3.90. The molecule has 190 valence electrons. The van der Waals surface area contributed by atoms with Gasteiger partial charge >= 0.3 is 0 Å². The number of rotatable bonds is 12. The third-order valence-corrected chi connectivity index (χ3v) is 5.58. The van der Waals surface area contributed by atoms with Gasteiger partial charge in [0.15, 0.2) is 0 Å². The molecular formula is C28H32FN3O4. The molecule has 0 unspecified atom stereocenters. The normalized spacial score (nSPS) is 12.4. The van der Waals surface area contributed by atoms with E-state index in [1.165, 1.54) is 12.1 Å². The summed E-state index contributed by atoms with van der Waals surface area (Å²) in [5.74, 6) is 1.25. The van der Waals surface area contributed by atoms with Crippen LogP contribution in [0.5, 0.6) is 11.6 Å². The Morgan fingerprint density at radius 3 is 2.56 bits per heavy atom. The third-order valence-electron chi connectivity index (χ3n) is 5.58. The predicted molar refractivity (Wildman–Crippen MR) is 135 cm³/mol. The Labute approximate surface area is 210 Å². The van der Waals surface area contributed by atoms with Gasteiger partial charge in [0.2, 0.25) is 5.88 Å². The van der Waals surface area contributed by atoms with Crippen LogP contribution in [-0.4, -0.2) is 45.1 Å². The van der Waals surface area contributed by atoms with E-state index in [0.717, 1.165) is 22.7 Å². The Morgan fingerprint density at radius 2 is 1.86 bits per heavy atom. The smallest absolute Gasteiger partial charge is 0.227 e. The number of aromatic nitrogens is 2. The molecule has 0 fully saturated rings. The molecule has 0 saturated carbocycles. The van der Waals surface area contributed by atoms with E-state index in [2.05, 4.69) is 4.90 Å². The van der Waals surface area contributed by atoms with Crippen molar-refractivity contribution in [2.24, 2.45) is 0 Å². The minimum Gasteiger partial charge on any atom is -0.468 e. The topological polar surface area (TPSA) is 72.9 Å². The molecular weight excluding hydrogens is 461 g/mol. The maximum Gasteiger partial charge on any atom is 0.227 e. The van der Waals surface area contributed by atoms with Crippen LogP contribution in [0.25, 0.3) is 5.69 Å². The highest BCUT2D eigenvalue weighted by molar-refractivity contribution is 5.43. The zero-order chi connectivity index (χ0) is 25.5. The molecule has 2 heterocycles. The first-order valence-corrected chi connectivity index (χ1v) is 12.0. The number of hydrogen-bond donors (Lipinski definition) is 1. The Balaban J connectivity index is 1.67. The van der Waals surface area contributed by atoms with Crippen molar-refractivity contribution in [1.82, 2.24) is 14.7 Å². The number of hydrogen-bond acceptors (Lipinski definition) is 6. The van der Waals surface area contributed by atoms with Gasteiger partial charge in [-0.3, -0.25) is 4.90 Å². The van der Waals surface area contributed by atoms with Crippen molar-refractivity contribution < 1.29 is 23.4 Å². The number of aryl methyl sites for hydroxylation is 1. The lowest BCUT2D eigenvalue weighted by molar-refractivity contribution is -0.0114. The van der Waals surface area contributed by atoms with Gasteiger partial charge in [0.1, 0.15) is 17.3 Å². The predicted octanol–water partition coefficient (Wildman–Crippen LogP) is 5.49. The molecule has 0 bridgehead atoms. The molecule has 0 spiro atoms. The maximum atomic E-state index is 13.9. The van der Waals surface area contributed by atoms with E-state index in [9.17, 15) is 9.50 Å². The van der Waals surface area contributed by atoms with Gasteiger partial charge in [-0.1, -0.05) is 24.3 Å². The lowest BCUT2D eigenvalue weighted by Crippen LogP contribution is -2.35. The van der Waals surface area contributed by atoms with Gasteiger partial charge < -0.3 is 19.0 Å². The molecule has 7 nitrogen and oxygen atoms in total. The summed E-state index contributed by atoms with van der Waals surface area (Å²) in [6.45, 7) is 7.25. The largest absolute Gasteiger partial charge is 0.468 e. The number of aliphatic hydroxyl groups is 1. The molecule has 2 aromatic heterocycles. The molecule has 8 heteroatoms. The first-order valence-electron chi connectivity index (χ1n) is 12.0. The maximum absolute atomic E-state index is 13.9. The fourth-order valence-corrected chi connectivity index (χ4v) is 3.90. The molecule has 0 radical (unpaired) electrons. The highest BCUT2D eigenvalue weighted by Gasteiger charge is 2.23. The van der Waals surface area contributed by atoms with E-state index in [0.29, 0.717) is 31.3 Å². The first kappa shape index (κ1) is 25.6. The van der Waals surface area contributed by atoms with Gasteiger partial charge in [-0.2, -0.15) is 5.10 Å². The highest BCUT2D eigenvalue weighted by atomic mass is 19.1. The molecule has 1 atom stereocenters. The number of ether oxygens (including phenoxy) is 2. The summed E-state index contributed by atoms with van der Waals surface area (Å²) in [5.41, 5.74) is 2.41. The SMILES string of the molecule is Cc1nn(-c2ccccc2)c(Oc2cccc(F)c2)c1CN(Cc1ccco1)C[C@@H](O)COC(C)C. The molecule has 0 saturated heterocycles. The molecule has 4 rings (SSSR count). The number of furan rings is 1. The first-order chi connectivity index (χ1) is 17.4. The van der Waals surface area contributed by atoms with Crippen LogP contribution >= 0.6 is 0 Å². The summed E-state index contributed by atoms with van der Waals surface area (Å²) in [7, 11) is 0. The highest BCUT2D eigenvalue weighted by Crippen LogP contribution is 2.32. The van der Waals surface area contributed by atoms with Crippen LogP contribution in [0.4, 0.5) is 4.39 Å². The average Bonchev–Trinajstić information content (AvgIpc) is 3.47. The summed E-state index contributed by atoms with van der Waals surface area (Å²) in [6.07, 6.45) is 0.957. The standard InChI is InChI=1S/C28H32FN3O4/c1-20(2)35-19-24(33)16-31(17-26-13-8-14-34-26)18-27-21(3)30-32(23-10-5-4-6-11-23)28(27)36-25-12-7-9-22(29)15-25/h4-15,20,24,33H,16-19H2,1-3H3/t24-/m1/s1. The molecule has 0 aliphatic rings. The summed E-state index contributed by atoms with van der Waals surface area (Å²) >= 11 is 0. The number of halogens is 1. The number of para-hydroxylation sites is 1. The van der Waals surface area contributed by atoms with Crippen LogP contribution in [0, 0.1) is 12.7 Å². The fraction of sp³-hybridized carbons (Fsp3) is 0.321. The second-order valence-corrected chi connectivity index (χ2v) is 8.96. The van der Waals surface area contributed by atoms with Crippen molar-refractivity contribution in [1.29, 1.82) is 0 Å². The lowest BCUT2D eigenvalue weighted by Gasteiger charge is -2.25. The van der Waals surface area contributed by atoms with Gasteiger partial charge in [-0.25, -0.2) is 9.07 Å². The summed E-state index contributed by atoms with van der Waals surface area (Å²) in [5, 5.41) is 15.4. The van der Waals surface area contributed by atoms with Crippen molar-refractivity contribution in [3.8, 4) is 17.3 Å². The van der Waals surface area contributed by atoms with E-state index < -0.39 is 6.10 Å². The zero-order valence-electron chi connectivity index (χ0n) is 20.8. The summed E-state index contributed by atoms with van der Waals surface area (Å²) in [4.78, 5) is 2.06. The van der Waals surface area contributed by atoms with Crippen LogP contribution < -0.4 is 4.74 Å². The van der Waals surface area contributed by atoms with Gasteiger partial charge in [-0.15, -0.1) is 0 Å². The number of aliphatic hydroxyl groups excluding tert-OH is 1. The quantitative estimate of drug-likeness (QED) is 0.281. The van der Waals surface area contributed by atoms with Crippen LogP contribution in [-0.2, 0) is 17.8 Å². The van der Waals surface area contributed by atoms with Gasteiger partial charge in [0, 0.05) is 19.2 Å². The van der Waals surface area contributed by atoms with Crippen molar-refractivity contribution in [2.75, 3.05) is 13.2 Å². The van der Waals surface area contributed by atoms with E-state index in [1.54, 1.807) is 23.1 Å². The second-order valence-electron chi connectivity index (χ2n) is 8.96. The van der Waals surface area contributed by atoms with Crippen LogP contribution in [0.2, 0.25) is 0 Å². The Bertz CT molecular complexity index is 1230. The van der Waals surface area contributed by atoms with Gasteiger partial charge in [0.05, 0.1) is 48.6 Å². The molecule has 0 amide bonds. The average molecular weight is 494 g/mol. The monoisotopic (exact) mass is 493 g/mol. The van der Waals surface area contributed by atoms with Crippen LogP contribution in [0.15, 0.2) is 77.4 Å². The van der Waals surface area contributed by atoms with Crippen molar-refractivity contribution in [2.45, 2.75) is 46.1 Å². The second kappa shape index (κ2) is 12.0. The molecule has 1 N–H and O–H groups in total. The molecule has 0 aliphatic heterocycles. The number of benzene rings is 2. The van der Waals surface area contributed by atoms with Gasteiger partial charge in [-0.05, 0) is 57.2 Å². The van der Waals surface area contributed by atoms with E-state index in [1.807, 2.05) is 63.2 Å². The van der Waals surface area contributed by atoms with E-state index in [4.69, 9.17) is 19.0 Å². The molecule has 36 heavy (non-hydrogen) atoms. The minimum absolute atomic E-state index is 0.0239. The van der Waals surface area contributed by atoms with Crippen molar-refractivity contribution in [3.05, 3.63) is 95.8 Å². The lowest BCUT2D eigenvalue weighted by atomic mass is 10.2. The summed E-state index contributed by atoms with van der Waals surface area (Å²) < 4.78 is 33.1. The third kappa shape index (κ3) is 6.81. The zero-order valence-corrected chi connectivity index (χ0v) is 20.8. The van der Waals surface area contributed by atoms with Crippen LogP contribution in [0.1, 0.15) is 30.9 Å². The van der Waals surface area contributed by atoms with Crippen LogP contribution in [0.3, 0.4) is 0 Å². The Hall–Kier alpha value is -3.46.